The molecule has 0 bridgehead atoms. The van der Waals surface area contributed by atoms with E-state index in [9.17, 15) is 4.79 Å². The first-order valence-electron chi connectivity index (χ1n) is 4.97. The molecule has 0 saturated carbocycles. The Bertz CT molecular complexity index is 496. The van der Waals surface area contributed by atoms with Gasteiger partial charge in [0, 0.05) is 12.8 Å². The van der Waals surface area contributed by atoms with Crippen molar-refractivity contribution in [3.8, 4) is 10.8 Å². The first-order valence-corrected chi connectivity index (χ1v) is 5.74. The summed E-state index contributed by atoms with van der Waals surface area (Å²) in [4.78, 5) is 11.2. The molecule has 2 rings (SSSR count). The van der Waals surface area contributed by atoms with Crippen LogP contribution in [0.5, 0.6) is 0 Å². The number of nitrogens with zero attached hydrogens (tertiary/aromatic N) is 4. The van der Waals surface area contributed by atoms with Crippen LogP contribution in [0.1, 0.15) is 19.2 Å². The van der Waals surface area contributed by atoms with Crippen LogP contribution in [0, 0.1) is 5.92 Å². The first-order chi connectivity index (χ1) is 8.15. The predicted molar refractivity (Wildman–Crippen MR) is 58.3 cm³/mol. The van der Waals surface area contributed by atoms with Gasteiger partial charge in [-0.2, -0.15) is 0 Å². The number of carboxylic acid groups (broad SMARTS) is 1. The van der Waals surface area contributed by atoms with Gasteiger partial charge in [-0.15, -0.1) is 15.3 Å². The van der Waals surface area contributed by atoms with Crippen molar-refractivity contribution in [2.24, 2.45) is 5.92 Å². The van der Waals surface area contributed by atoms with Gasteiger partial charge in [-0.05, 0) is 17.5 Å². The molecule has 0 aromatic carbocycles. The summed E-state index contributed by atoms with van der Waals surface area (Å²) in [5.41, 5.74) is 0. The Kier molecular flexibility index (Phi) is 3.43. The Morgan fingerprint density at radius 1 is 1.59 bits per heavy atom. The van der Waals surface area contributed by atoms with E-state index < -0.39 is 5.97 Å². The molecule has 90 valence electrons. The highest BCUT2D eigenvalue weighted by Gasteiger charge is 2.15. The summed E-state index contributed by atoms with van der Waals surface area (Å²) >= 11 is 1.17. The molecule has 1 unspecified atom stereocenters. The zero-order valence-electron chi connectivity index (χ0n) is 9.03. The summed E-state index contributed by atoms with van der Waals surface area (Å²) in [7, 11) is 0. The van der Waals surface area contributed by atoms with Crippen LogP contribution in [0.25, 0.3) is 10.8 Å². The van der Waals surface area contributed by atoms with Crippen LogP contribution in [-0.2, 0) is 11.2 Å². The monoisotopic (exact) mass is 254 g/mol. The van der Waals surface area contributed by atoms with Gasteiger partial charge < -0.3 is 9.52 Å². The fraction of sp³-hybridized carbons (Fsp3) is 0.444. The fourth-order valence-corrected chi connectivity index (χ4v) is 1.80. The van der Waals surface area contributed by atoms with Crippen LogP contribution in [0.4, 0.5) is 0 Å². The molecule has 2 aromatic rings. The molecule has 0 aliphatic heterocycles. The largest absolute Gasteiger partial charge is 0.481 e. The molecule has 0 radical (unpaired) electrons. The Hall–Kier alpha value is -1.83. The van der Waals surface area contributed by atoms with Crippen molar-refractivity contribution >= 4 is 17.5 Å². The maximum Gasteiger partial charge on any atom is 0.303 e. The number of carbonyl (C=O) groups is 1. The van der Waals surface area contributed by atoms with Crippen LogP contribution < -0.4 is 0 Å². The summed E-state index contributed by atoms with van der Waals surface area (Å²) in [5.74, 6) is -0.0658. The second kappa shape index (κ2) is 5.00. The molecule has 1 N–H and O–H groups in total. The minimum atomic E-state index is -0.830. The maximum absolute atomic E-state index is 10.5. The predicted octanol–water partition coefficient (Wildman–Crippen LogP) is 1.24. The Morgan fingerprint density at radius 3 is 3.06 bits per heavy atom. The van der Waals surface area contributed by atoms with E-state index in [2.05, 4.69) is 19.8 Å². The lowest BCUT2D eigenvalue weighted by Crippen LogP contribution is -2.07. The number of hydrogen-bond donors (Lipinski definition) is 1. The van der Waals surface area contributed by atoms with Crippen LogP contribution in [0.3, 0.4) is 0 Å². The number of aromatic nitrogens is 4. The van der Waals surface area contributed by atoms with Crippen molar-refractivity contribution < 1.29 is 14.3 Å². The molecule has 0 spiro atoms. The first kappa shape index (κ1) is 11.6. The van der Waals surface area contributed by atoms with Crippen LogP contribution in [-0.4, -0.2) is 30.9 Å². The second-order valence-electron chi connectivity index (χ2n) is 3.69. The zero-order chi connectivity index (χ0) is 12.3. The maximum atomic E-state index is 10.5. The smallest absolute Gasteiger partial charge is 0.303 e. The Labute approximate surface area is 101 Å². The molecule has 0 amide bonds. The third kappa shape index (κ3) is 3.06. The molecule has 0 aliphatic rings. The standard InChI is InChI=1S/C9H10N4O3S/c1-5(3-8(14)15)2-7-11-12-9(16-7)6-4-10-13-17-6/h4-5H,2-3H2,1H3,(H,14,15). The lowest BCUT2D eigenvalue weighted by Gasteiger charge is -2.03. The van der Waals surface area contributed by atoms with E-state index in [0.717, 1.165) is 0 Å². The van der Waals surface area contributed by atoms with Crippen LogP contribution >= 0.6 is 11.5 Å². The molecular weight excluding hydrogens is 244 g/mol. The highest BCUT2D eigenvalue weighted by molar-refractivity contribution is 7.09. The van der Waals surface area contributed by atoms with Gasteiger partial charge in [-0.1, -0.05) is 11.4 Å². The van der Waals surface area contributed by atoms with Crippen molar-refractivity contribution in [1.29, 1.82) is 0 Å². The van der Waals surface area contributed by atoms with E-state index in [1.807, 2.05) is 6.92 Å². The SMILES string of the molecule is CC(CC(=O)O)Cc1nnc(-c2cnns2)o1. The lowest BCUT2D eigenvalue weighted by molar-refractivity contribution is -0.137. The molecule has 7 nitrogen and oxygen atoms in total. The van der Waals surface area contributed by atoms with E-state index in [4.69, 9.17) is 9.52 Å². The Balaban J connectivity index is 2.01. The molecule has 0 aliphatic carbocycles. The van der Waals surface area contributed by atoms with Gasteiger partial charge in [0.25, 0.3) is 5.89 Å². The highest BCUT2D eigenvalue weighted by Crippen LogP contribution is 2.21. The average molecular weight is 254 g/mol. The van der Waals surface area contributed by atoms with Gasteiger partial charge in [0.2, 0.25) is 5.89 Å². The third-order valence-corrected chi connectivity index (χ3v) is 2.74. The van der Waals surface area contributed by atoms with E-state index in [1.54, 1.807) is 6.20 Å². The lowest BCUT2D eigenvalue weighted by atomic mass is 10.0. The number of carboxylic acids is 1. The quantitative estimate of drug-likeness (QED) is 0.856. The van der Waals surface area contributed by atoms with Crippen molar-refractivity contribution in [2.75, 3.05) is 0 Å². The molecule has 0 saturated heterocycles. The van der Waals surface area contributed by atoms with Gasteiger partial charge in [0.15, 0.2) is 0 Å². The summed E-state index contributed by atoms with van der Waals surface area (Å²) in [6, 6.07) is 0. The Morgan fingerprint density at radius 2 is 2.41 bits per heavy atom. The van der Waals surface area contributed by atoms with Gasteiger partial charge >= 0.3 is 5.97 Å². The van der Waals surface area contributed by atoms with Gasteiger partial charge in [0.05, 0.1) is 6.20 Å². The van der Waals surface area contributed by atoms with Crippen LogP contribution in [0.2, 0.25) is 0 Å². The fourth-order valence-electron chi connectivity index (χ4n) is 1.37. The molecule has 2 heterocycles. The summed E-state index contributed by atoms with van der Waals surface area (Å²) in [6.45, 7) is 1.83. The van der Waals surface area contributed by atoms with E-state index in [1.165, 1.54) is 11.5 Å². The second-order valence-corrected chi connectivity index (χ2v) is 4.48. The third-order valence-electron chi connectivity index (χ3n) is 2.09. The molecular formula is C9H10N4O3S. The average Bonchev–Trinajstić information content (AvgIpc) is 2.84. The zero-order valence-corrected chi connectivity index (χ0v) is 9.85. The minimum absolute atomic E-state index is 0.0413. The summed E-state index contributed by atoms with van der Waals surface area (Å²) in [5, 5.41) is 20.0. The van der Waals surface area contributed by atoms with E-state index in [0.29, 0.717) is 23.1 Å². The normalized spacial score (nSPS) is 12.5. The van der Waals surface area contributed by atoms with E-state index in [-0.39, 0.29) is 12.3 Å². The van der Waals surface area contributed by atoms with Crippen LogP contribution in [0.15, 0.2) is 10.6 Å². The number of aliphatic carboxylic acids is 1. The summed E-state index contributed by atoms with van der Waals surface area (Å²) in [6.07, 6.45) is 2.08. The van der Waals surface area contributed by atoms with Crippen molar-refractivity contribution in [1.82, 2.24) is 19.8 Å². The molecule has 8 heteroatoms. The molecule has 0 fully saturated rings. The van der Waals surface area contributed by atoms with E-state index >= 15 is 0 Å². The topological polar surface area (TPSA) is 102 Å². The molecule has 2 aromatic heterocycles. The van der Waals surface area contributed by atoms with Crippen molar-refractivity contribution in [3.63, 3.8) is 0 Å². The van der Waals surface area contributed by atoms with Gasteiger partial charge in [-0.25, -0.2) is 0 Å². The highest BCUT2D eigenvalue weighted by atomic mass is 32.1. The molecule has 17 heavy (non-hydrogen) atoms. The molecule has 1 atom stereocenters. The van der Waals surface area contributed by atoms with Crippen molar-refractivity contribution in [3.05, 3.63) is 12.1 Å². The van der Waals surface area contributed by atoms with Gasteiger partial charge in [0.1, 0.15) is 4.88 Å². The number of hydrogen-bond acceptors (Lipinski definition) is 7. The summed E-state index contributed by atoms with van der Waals surface area (Å²) < 4.78 is 9.09. The van der Waals surface area contributed by atoms with Crippen molar-refractivity contribution in [2.45, 2.75) is 19.8 Å². The number of rotatable bonds is 5. The minimum Gasteiger partial charge on any atom is -0.481 e. The van der Waals surface area contributed by atoms with Gasteiger partial charge in [-0.3, -0.25) is 4.79 Å².